The van der Waals surface area contributed by atoms with Gasteiger partial charge in [0.2, 0.25) is 0 Å². The molecule has 1 aromatic heterocycles. The molecule has 2 amide bonds. The molecule has 0 aliphatic carbocycles. The molecule has 18 heavy (non-hydrogen) atoms. The number of hydrogen-bond acceptors (Lipinski definition) is 4. The van der Waals surface area contributed by atoms with Crippen LogP contribution in [0.2, 0.25) is 0 Å². The molecule has 2 atom stereocenters. The quantitative estimate of drug-likeness (QED) is 0.745. The highest BCUT2D eigenvalue weighted by atomic mass is 32.1. The van der Waals surface area contributed by atoms with Crippen LogP contribution in [0.15, 0.2) is 16.8 Å². The smallest absolute Gasteiger partial charge is 0.326 e. The molecule has 2 heterocycles. The summed E-state index contributed by atoms with van der Waals surface area (Å²) in [5.41, 5.74) is 0.972. The minimum atomic E-state index is -1.09. The highest BCUT2D eigenvalue weighted by Gasteiger charge is 2.38. The predicted molar refractivity (Wildman–Crippen MR) is 65.3 cm³/mol. The van der Waals surface area contributed by atoms with Crippen LogP contribution in [0.1, 0.15) is 12.0 Å². The Balaban J connectivity index is 1.93. The lowest BCUT2D eigenvalue weighted by Gasteiger charge is -2.21. The van der Waals surface area contributed by atoms with Crippen molar-refractivity contribution in [3.63, 3.8) is 0 Å². The zero-order chi connectivity index (χ0) is 13.1. The predicted octanol–water partition coefficient (Wildman–Crippen LogP) is 0.478. The summed E-state index contributed by atoms with van der Waals surface area (Å²) in [6.45, 7) is 0.424. The molecule has 1 fully saturated rings. The lowest BCUT2D eigenvalue weighted by Crippen LogP contribution is -2.45. The Morgan fingerprint density at radius 1 is 1.56 bits per heavy atom. The second-order valence-electron chi connectivity index (χ2n) is 4.19. The number of aliphatic hydroxyl groups excluding tert-OH is 1. The van der Waals surface area contributed by atoms with Crippen molar-refractivity contribution >= 4 is 23.3 Å². The van der Waals surface area contributed by atoms with Crippen molar-refractivity contribution in [2.75, 3.05) is 6.54 Å². The van der Waals surface area contributed by atoms with Crippen LogP contribution >= 0.6 is 11.3 Å². The SMILES string of the molecule is O=C(O)C1CC(O)CN1C(=O)NCc1ccsc1. The largest absolute Gasteiger partial charge is 0.480 e. The Morgan fingerprint density at radius 3 is 2.94 bits per heavy atom. The van der Waals surface area contributed by atoms with Crippen LogP contribution in [0.3, 0.4) is 0 Å². The average Bonchev–Trinajstić information content (AvgIpc) is 2.94. The summed E-state index contributed by atoms with van der Waals surface area (Å²) in [5, 5.41) is 24.9. The molecule has 1 aliphatic heterocycles. The molecule has 1 saturated heterocycles. The third-order valence-electron chi connectivity index (χ3n) is 2.85. The first-order valence-corrected chi connectivity index (χ1v) is 6.48. The molecule has 0 radical (unpaired) electrons. The normalized spacial score (nSPS) is 23.1. The van der Waals surface area contributed by atoms with Gasteiger partial charge in [-0.25, -0.2) is 9.59 Å². The van der Waals surface area contributed by atoms with Crippen molar-refractivity contribution in [3.8, 4) is 0 Å². The van der Waals surface area contributed by atoms with Gasteiger partial charge in [0.05, 0.1) is 6.10 Å². The molecule has 2 unspecified atom stereocenters. The van der Waals surface area contributed by atoms with Crippen LogP contribution in [-0.2, 0) is 11.3 Å². The number of rotatable bonds is 3. The van der Waals surface area contributed by atoms with Gasteiger partial charge in [0.25, 0.3) is 0 Å². The number of thiophene rings is 1. The lowest BCUT2D eigenvalue weighted by molar-refractivity contribution is -0.141. The van der Waals surface area contributed by atoms with Gasteiger partial charge in [-0.05, 0) is 22.4 Å². The number of likely N-dealkylation sites (tertiary alicyclic amines) is 1. The Bertz CT molecular complexity index is 434. The van der Waals surface area contributed by atoms with Gasteiger partial charge in [0, 0.05) is 19.5 Å². The summed E-state index contributed by atoms with van der Waals surface area (Å²) in [6, 6.07) is 0.492. The van der Waals surface area contributed by atoms with E-state index in [4.69, 9.17) is 5.11 Å². The first kappa shape index (κ1) is 12.8. The van der Waals surface area contributed by atoms with E-state index in [9.17, 15) is 14.7 Å². The van der Waals surface area contributed by atoms with E-state index in [1.165, 1.54) is 16.2 Å². The van der Waals surface area contributed by atoms with Crippen LogP contribution in [0.5, 0.6) is 0 Å². The Hall–Kier alpha value is -1.60. The number of aliphatic carboxylic acids is 1. The van der Waals surface area contributed by atoms with Crippen molar-refractivity contribution in [1.29, 1.82) is 0 Å². The van der Waals surface area contributed by atoms with E-state index < -0.39 is 24.1 Å². The van der Waals surface area contributed by atoms with Crippen molar-refractivity contribution in [1.82, 2.24) is 10.2 Å². The summed E-state index contributed by atoms with van der Waals surface area (Å²) in [5.74, 6) is -1.09. The number of carboxylic acid groups (broad SMARTS) is 1. The van der Waals surface area contributed by atoms with Gasteiger partial charge >= 0.3 is 12.0 Å². The fourth-order valence-corrected chi connectivity index (χ4v) is 2.61. The maximum Gasteiger partial charge on any atom is 0.326 e. The molecular weight excluding hydrogens is 256 g/mol. The zero-order valence-electron chi connectivity index (χ0n) is 9.57. The van der Waals surface area contributed by atoms with Crippen molar-refractivity contribution in [2.45, 2.75) is 25.1 Å². The molecule has 0 spiro atoms. The first-order valence-electron chi connectivity index (χ1n) is 5.54. The van der Waals surface area contributed by atoms with Gasteiger partial charge in [-0.3, -0.25) is 0 Å². The Morgan fingerprint density at radius 2 is 2.33 bits per heavy atom. The van der Waals surface area contributed by atoms with Crippen LogP contribution < -0.4 is 5.32 Å². The number of hydrogen-bond donors (Lipinski definition) is 3. The topological polar surface area (TPSA) is 89.9 Å². The third-order valence-corrected chi connectivity index (χ3v) is 3.58. The second kappa shape index (κ2) is 5.36. The Kier molecular flexibility index (Phi) is 3.83. The maximum atomic E-state index is 11.8. The number of carbonyl (C=O) groups excluding carboxylic acids is 1. The number of amides is 2. The van der Waals surface area contributed by atoms with E-state index >= 15 is 0 Å². The molecule has 0 aromatic carbocycles. The molecule has 3 N–H and O–H groups in total. The van der Waals surface area contributed by atoms with Gasteiger partial charge in [-0.15, -0.1) is 0 Å². The minimum absolute atomic E-state index is 0.0619. The number of nitrogens with zero attached hydrogens (tertiary/aromatic N) is 1. The fourth-order valence-electron chi connectivity index (χ4n) is 1.94. The van der Waals surface area contributed by atoms with Gasteiger partial charge < -0.3 is 20.4 Å². The number of β-amino-alcohol motifs (C(OH)–C–C–N with tert-alkyl or cyclic N) is 1. The van der Waals surface area contributed by atoms with E-state index in [0.29, 0.717) is 6.54 Å². The first-order chi connectivity index (χ1) is 8.58. The molecule has 0 saturated carbocycles. The van der Waals surface area contributed by atoms with Crippen LogP contribution in [0.4, 0.5) is 4.79 Å². The molecule has 1 aliphatic rings. The number of aliphatic hydroxyl groups is 1. The van der Waals surface area contributed by atoms with E-state index in [1.807, 2.05) is 16.8 Å². The van der Waals surface area contributed by atoms with Crippen molar-refractivity contribution in [3.05, 3.63) is 22.4 Å². The fraction of sp³-hybridized carbons (Fsp3) is 0.455. The van der Waals surface area contributed by atoms with E-state index in [1.54, 1.807) is 0 Å². The average molecular weight is 270 g/mol. The van der Waals surface area contributed by atoms with E-state index in [-0.39, 0.29) is 13.0 Å². The number of carboxylic acids is 1. The molecule has 98 valence electrons. The highest BCUT2D eigenvalue weighted by Crippen LogP contribution is 2.18. The summed E-state index contributed by atoms with van der Waals surface area (Å²) in [7, 11) is 0. The standard InChI is InChI=1S/C11H14N2O4S/c14-8-3-9(10(15)16)13(5-8)11(17)12-4-7-1-2-18-6-7/h1-2,6,8-9,14H,3-5H2,(H,12,17)(H,15,16). The summed E-state index contributed by atoms with van der Waals surface area (Å²) < 4.78 is 0. The van der Waals surface area contributed by atoms with E-state index in [2.05, 4.69) is 5.32 Å². The van der Waals surface area contributed by atoms with Gasteiger partial charge in [-0.1, -0.05) is 0 Å². The molecule has 0 bridgehead atoms. The van der Waals surface area contributed by atoms with E-state index in [0.717, 1.165) is 5.56 Å². The van der Waals surface area contributed by atoms with Crippen molar-refractivity contribution in [2.24, 2.45) is 0 Å². The van der Waals surface area contributed by atoms with Gasteiger partial charge in [-0.2, -0.15) is 11.3 Å². The lowest BCUT2D eigenvalue weighted by atomic mass is 10.2. The van der Waals surface area contributed by atoms with Crippen molar-refractivity contribution < 1.29 is 19.8 Å². The maximum absolute atomic E-state index is 11.8. The molecular formula is C11H14N2O4S. The van der Waals surface area contributed by atoms with Gasteiger partial charge in [0.1, 0.15) is 6.04 Å². The number of nitrogens with one attached hydrogen (secondary N) is 1. The Labute approximate surface area is 108 Å². The van der Waals surface area contributed by atoms with Gasteiger partial charge in [0.15, 0.2) is 0 Å². The summed E-state index contributed by atoms with van der Waals surface area (Å²) >= 11 is 1.53. The highest BCUT2D eigenvalue weighted by molar-refractivity contribution is 7.07. The number of urea groups is 1. The molecule has 7 heteroatoms. The van der Waals surface area contributed by atoms with Crippen LogP contribution in [-0.4, -0.2) is 45.8 Å². The third kappa shape index (κ3) is 2.80. The summed E-state index contributed by atoms with van der Waals surface area (Å²) in [4.78, 5) is 24.0. The molecule has 2 rings (SSSR count). The number of carbonyl (C=O) groups is 2. The molecule has 1 aromatic rings. The zero-order valence-corrected chi connectivity index (χ0v) is 10.4. The minimum Gasteiger partial charge on any atom is -0.480 e. The molecule has 6 nitrogen and oxygen atoms in total. The van der Waals surface area contributed by atoms with Crippen LogP contribution in [0, 0.1) is 0 Å². The summed E-state index contributed by atoms with van der Waals surface area (Å²) in [6.07, 6.45) is -0.681. The monoisotopic (exact) mass is 270 g/mol. The second-order valence-corrected chi connectivity index (χ2v) is 4.97. The van der Waals surface area contributed by atoms with Crippen LogP contribution in [0.25, 0.3) is 0 Å².